The molecular weight excluding hydrogens is 414 g/mol. The van der Waals surface area contributed by atoms with Crippen LogP contribution in [0.4, 0.5) is 0 Å². The fourth-order valence-electron chi connectivity index (χ4n) is 3.59. The second kappa shape index (κ2) is 11.7. The van der Waals surface area contributed by atoms with E-state index in [4.69, 9.17) is 34.0 Å². The van der Waals surface area contributed by atoms with Gasteiger partial charge in [0.25, 0.3) is 0 Å². The van der Waals surface area contributed by atoms with Crippen molar-refractivity contribution in [2.45, 2.75) is 50.8 Å². The summed E-state index contributed by atoms with van der Waals surface area (Å²) in [6.07, 6.45) is -2.25. The van der Waals surface area contributed by atoms with E-state index in [-0.39, 0.29) is 0 Å². The van der Waals surface area contributed by atoms with Crippen LogP contribution in [0, 0.1) is 0 Å². The normalized spacial score (nSPS) is 25.1. The van der Waals surface area contributed by atoms with Crippen molar-refractivity contribution in [3.8, 4) is 11.5 Å². The molecular formula is C23H29N3O6. The summed E-state index contributed by atoms with van der Waals surface area (Å²) in [5.41, 5.74) is 11.0. The van der Waals surface area contributed by atoms with Gasteiger partial charge >= 0.3 is 0 Å². The second-order valence-electron chi connectivity index (χ2n) is 7.39. The van der Waals surface area contributed by atoms with Gasteiger partial charge in [0.2, 0.25) is 0 Å². The molecule has 1 fully saturated rings. The Balaban J connectivity index is 1.77. The first kappa shape index (κ1) is 23.8. The van der Waals surface area contributed by atoms with E-state index in [2.05, 4.69) is 10.0 Å². The zero-order chi connectivity index (χ0) is 22.9. The topological polar surface area (TPSA) is 104 Å². The third-order valence-electron chi connectivity index (χ3n) is 5.38. The molecule has 1 aliphatic heterocycles. The third-order valence-corrected chi connectivity index (χ3v) is 5.38. The molecule has 2 aromatic carbocycles. The molecule has 172 valence electrons. The SMILES string of the molecule is COc1ccc(CO[C@@H]2[C@@H](OC)O[C@H](C)[C@@H](N=[N+]=[N-])[C@@H]2OCc2ccc(OC)cc2)cc1. The maximum atomic E-state index is 9.11. The van der Waals surface area contributed by atoms with Crippen LogP contribution in [0.15, 0.2) is 53.6 Å². The lowest BCUT2D eigenvalue weighted by Crippen LogP contribution is -2.58. The van der Waals surface area contributed by atoms with Crippen molar-refractivity contribution < 1.29 is 28.4 Å². The predicted molar refractivity (Wildman–Crippen MR) is 117 cm³/mol. The van der Waals surface area contributed by atoms with Gasteiger partial charge in [-0.2, -0.15) is 0 Å². The van der Waals surface area contributed by atoms with Crippen molar-refractivity contribution in [1.82, 2.24) is 0 Å². The zero-order valence-electron chi connectivity index (χ0n) is 18.7. The van der Waals surface area contributed by atoms with Crippen LogP contribution in [0.5, 0.6) is 11.5 Å². The maximum Gasteiger partial charge on any atom is 0.186 e. The summed E-state index contributed by atoms with van der Waals surface area (Å²) in [4.78, 5) is 3.00. The van der Waals surface area contributed by atoms with Gasteiger partial charge in [0.15, 0.2) is 6.29 Å². The minimum Gasteiger partial charge on any atom is -0.497 e. The Morgan fingerprint density at radius 3 is 1.78 bits per heavy atom. The summed E-state index contributed by atoms with van der Waals surface area (Å²) in [5, 5.41) is 3.94. The Kier molecular flexibility index (Phi) is 8.72. The maximum absolute atomic E-state index is 9.11. The summed E-state index contributed by atoms with van der Waals surface area (Å²) in [5.74, 6) is 1.53. The smallest absolute Gasteiger partial charge is 0.186 e. The largest absolute Gasteiger partial charge is 0.497 e. The van der Waals surface area contributed by atoms with Gasteiger partial charge in [-0.25, -0.2) is 0 Å². The monoisotopic (exact) mass is 443 g/mol. The minimum atomic E-state index is -0.672. The highest BCUT2D eigenvalue weighted by Gasteiger charge is 2.46. The van der Waals surface area contributed by atoms with Gasteiger partial charge in [0.05, 0.1) is 39.6 Å². The van der Waals surface area contributed by atoms with Gasteiger partial charge in [0, 0.05) is 12.0 Å². The van der Waals surface area contributed by atoms with Gasteiger partial charge < -0.3 is 28.4 Å². The summed E-state index contributed by atoms with van der Waals surface area (Å²) in [7, 11) is 4.79. The van der Waals surface area contributed by atoms with E-state index in [1.54, 1.807) is 21.3 Å². The molecule has 1 heterocycles. The van der Waals surface area contributed by atoms with Gasteiger partial charge in [-0.3, -0.25) is 0 Å². The van der Waals surface area contributed by atoms with E-state index >= 15 is 0 Å². The van der Waals surface area contributed by atoms with Crippen molar-refractivity contribution in [3.05, 3.63) is 70.1 Å². The van der Waals surface area contributed by atoms with E-state index in [0.29, 0.717) is 13.2 Å². The lowest BCUT2D eigenvalue weighted by molar-refractivity contribution is -0.282. The predicted octanol–water partition coefficient (Wildman–Crippen LogP) is 4.24. The molecule has 0 bridgehead atoms. The fourth-order valence-corrected chi connectivity index (χ4v) is 3.59. The van der Waals surface area contributed by atoms with Crippen LogP contribution in [0.2, 0.25) is 0 Å². The third kappa shape index (κ3) is 5.91. The lowest BCUT2D eigenvalue weighted by Gasteiger charge is -2.43. The number of azide groups is 1. The van der Waals surface area contributed by atoms with Gasteiger partial charge in [-0.15, -0.1) is 0 Å². The van der Waals surface area contributed by atoms with Crippen LogP contribution in [0.1, 0.15) is 18.1 Å². The van der Waals surface area contributed by atoms with Crippen LogP contribution in [-0.2, 0) is 32.2 Å². The van der Waals surface area contributed by atoms with Crippen LogP contribution in [-0.4, -0.2) is 52.0 Å². The minimum absolute atomic E-state index is 0.303. The molecule has 0 saturated carbocycles. The number of rotatable bonds is 10. The standard InChI is InChI=1S/C23H29N3O6/c1-15-20(25-26-24)21(30-13-16-5-9-18(27-2)10-6-16)22(23(29-4)32-15)31-14-17-7-11-19(28-3)12-8-17/h5-12,15,20-23H,13-14H2,1-4H3/t15-,20-,21+,22+,23+/m1/s1. The highest BCUT2D eigenvalue weighted by atomic mass is 16.7. The molecule has 0 unspecified atom stereocenters. The molecule has 1 aliphatic rings. The first-order chi connectivity index (χ1) is 15.6. The van der Waals surface area contributed by atoms with Crippen LogP contribution in [0.25, 0.3) is 10.4 Å². The quantitative estimate of drug-likeness (QED) is 0.309. The van der Waals surface area contributed by atoms with Crippen molar-refractivity contribution in [3.63, 3.8) is 0 Å². The van der Waals surface area contributed by atoms with Crippen LogP contribution < -0.4 is 9.47 Å². The molecule has 0 aromatic heterocycles. The van der Waals surface area contributed by atoms with E-state index < -0.39 is 30.6 Å². The summed E-state index contributed by atoms with van der Waals surface area (Å²) >= 11 is 0. The number of hydrogen-bond donors (Lipinski definition) is 0. The molecule has 0 amide bonds. The Bertz CT molecular complexity index is 886. The van der Waals surface area contributed by atoms with Crippen molar-refractivity contribution in [1.29, 1.82) is 0 Å². The fraction of sp³-hybridized carbons (Fsp3) is 0.478. The Morgan fingerprint density at radius 2 is 1.34 bits per heavy atom. The average molecular weight is 444 g/mol. The first-order valence-electron chi connectivity index (χ1n) is 10.3. The summed E-state index contributed by atoms with van der Waals surface area (Å²) < 4.78 is 34.3. The number of benzene rings is 2. The number of nitrogens with zero attached hydrogens (tertiary/aromatic N) is 3. The van der Waals surface area contributed by atoms with E-state index in [9.17, 15) is 0 Å². The van der Waals surface area contributed by atoms with E-state index in [1.807, 2.05) is 55.5 Å². The molecule has 1 saturated heterocycles. The summed E-state index contributed by atoms with van der Waals surface area (Å²) in [6, 6.07) is 14.6. The Morgan fingerprint density at radius 1 is 0.844 bits per heavy atom. The van der Waals surface area contributed by atoms with Crippen molar-refractivity contribution in [2.24, 2.45) is 5.11 Å². The average Bonchev–Trinajstić information content (AvgIpc) is 2.84. The molecule has 9 nitrogen and oxygen atoms in total. The molecule has 3 rings (SSSR count). The van der Waals surface area contributed by atoms with Crippen LogP contribution in [0.3, 0.4) is 0 Å². The highest BCUT2D eigenvalue weighted by molar-refractivity contribution is 5.27. The molecule has 0 N–H and O–H groups in total. The first-order valence-corrected chi connectivity index (χ1v) is 10.3. The molecule has 5 atom stereocenters. The molecule has 32 heavy (non-hydrogen) atoms. The molecule has 0 aliphatic carbocycles. The van der Waals surface area contributed by atoms with Crippen LogP contribution >= 0.6 is 0 Å². The number of methoxy groups -OCH3 is 3. The summed E-state index contributed by atoms with van der Waals surface area (Å²) in [6.45, 7) is 2.43. The molecule has 0 spiro atoms. The molecule has 9 heteroatoms. The van der Waals surface area contributed by atoms with Gasteiger partial charge in [-0.1, -0.05) is 29.4 Å². The van der Waals surface area contributed by atoms with Gasteiger partial charge in [-0.05, 0) is 47.8 Å². The highest BCUT2D eigenvalue weighted by Crippen LogP contribution is 2.30. The second-order valence-corrected chi connectivity index (χ2v) is 7.39. The zero-order valence-corrected chi connectivity index (χ0v) is 18.7. The molecule has 2 aromatic rings. The van der Waals surface area contributed by atoms with E-state index in [0.717, 1.165) is 22.6 Å². The molecule has 0 radical (unpaired) electrons. The Labute approximate surface area is 187 Å². The van der Waals surface area contributed by atoms with Crippen molar-refractivity contribution in [2.75, 3.05) is 21.3 Å². The number of ether oxygens (including phenoxy) is 6. The van der Waals surface area contributed by atoms with E-state index in [1.165, 1.54) is 0 Å². The lowest BCUT2D eigenvalue weighted by atomic mass is 9.97. The van der Waals surface area contributed by atoms with Crippen molar-refractivity contribution >= 4 is 0 Å². The number of hydrogen-bond acceptors (Lipinski definition) is 7. The van der Waals surface area contributed by atoms with Gasteiger partial charge in [0.1, 0.15) is 23.7 Å². The Hall–Kier alpha value is -2.81.